The van der Waals surface area contributed by atoms with Crippen LogP contribution in [0.1, 0.15) is 20.3 Å². The maximum Gasteiger partial charge on any atom is 0.221 e. The molecule has 2 rings (SSSR count). The monoisotopic (exact) mass is 311 g/mol. The van der Waals surface area contributed by atoms with Gasteiger partial charge in [0.15, 0.2) is 0 Å². The molecule has 116 valence electrons. The molecule has 1 saturated heterocycles. The molecule has 1 heterocycles. The van der Waals surface area contributed by atoms with Crippen LogP contribution in [0, 0.1) is 0 Å². The quantitative estimate of drug-likeness (QED) is 0.782. The van der Waals surface area contributed by atoms with E-state index in [0.717, 1.165) is 31.9 Å². The van der Waals surface area contributed by atoms with Crippen LogP contribution in [0.2, 0.25) is 5.02 Å². The molecule has 1 aliphatic heterocycles. The maximum absolute atomic E-state index is 11.0. The Bertz CT molecular complexity index is 490. The van der Waals surface area contributed by atoms with Gasteiger partial charge in [-0.2, -0.15) is 0 Å². The molecule has 1 aromatic carbocycles. The Labute approximate surface area is 130 Å². The standard InChI is InChI=1S/C15H22ClN3O2/c1-10(7-13-9-21-6-5-17-13)18-12-3-4-15(14(16)8-12)19-11(2)20/h3-4,8,10,13,17-18H,5-7,9H2,1-2H3,(H,19,20). The van der Waals surface area contributed by atoms with Gasteiger partial charge in [0.1, 0.15) is 0 Å². The Balaban J connectivity index is 1.89. The van der Waals surface area contributed by atoms with Crippen molar-refractivity contribution in [2.45, 2.75) is 32.4 Å². The van der Waals surface area contributed by atoms with E-state index >= 15 is 0 Å². The Morgan fingerprint density at radius 2 is 2.38 bits per heavy atom. The van der Waals surface area contributed by atoms with Crippen molar-refractivity contribution in [1.82, 2.24) is 5.32 Å². The van der Waals surface area contributed by atoms with Gasteiger partial charge < -0.3 is 20.7 Å². The molecule has 0 aromatic heterocycles. The number of carbonyl (C=O) groups is 1. The first kappa shape index (κ1) is 16.1. The van der Waals surface area contributed by atoms with Crippen LogP contribution in [0.4, 0.5) is 11.4 Å². The van der Waals surface area contributed by atoms with Gasteiger partial charge in [0, 0.05) is 31.2 Å². The first-order chi connectivity index (χ1) is 10.0. The van der Waals surface area contributed by atoms with E-state index in [0.29, 0.717) is 22.8 Å². The van der Waals surface area contributed by atoms with Gasteiger partial charge in [-0.1, -0.05) is 11.6 Å². The molecule has 1 aliphatic rings. The maximum atomic E-state index is 11.0. The molecule has 0 saturated carbocycles. The fourth-order valence-electron chi connectivity index (χ4n) is 2.44. The van der Waals surface area contributed by atoms with E-state index in [1.54, 1.807) is 6.07 Å². The van der Waals surface area contributed by atoms with Gasteiger partial charge in [0.25, 0.3) is 0 Å². The van der Waals surface area contributed by atoms with Gasteiger partial charge >= 0.3 is 0 Å². The fraction of sp³-hybridized carbons (Fsp3) is 0.533. The van der Waals surface area contributed by atoms with Crippen LogP contribution in [0.25, 0.3) is 0 Å². The Hall–Kier alpha value is -1.30. The van der Waals surface area contributed by atoms with Crippen molar-refractivity contribution < 1.29 is 9.53 Å². The Kier molecular flexibility index (Phi) is 5.85. The lowest BCUT2D eigenvalue weighted by Gasteiger charge is -2.27. The molecule has 2 atom stereocenters. The van der Waals surface area contributed by atoms with Crippen LogP contribution in [0.5, 0.6) is 0 Å². The van der Waals surface area contributed by atoms with Crippen molar-refractivity contribution in [2.24, 2.45) is 0 Å². The summed E-state index contributed by atoms with van der Waals surface area (Å²) in [5.74, 6) is -0.130. The summed E-state index contributed by atoms with van der Waals surface area (Å²) in [5, 5.41) is 10.1. The normalized spacial score (nSPS) is 19.9. The van der Waals surface area contributed by atoms with Crippen LogP contribution in [0.15, 0.2) is 18.2 Å². The number of anilines is 2. The lowest BCUT2D eigenvalue weighted by Crippen LogP contribution is -2.43. The summed E-state index contributed by atoms with van der Waals surface area (Å²) >= 11 is 6.16. The van der Waals surface area contributed by atoms with Gasteiger partial charge in [0.05, 0.1) is 23.9 Å². The number of halogens is 1. The fourth-order valence-corrected chi connectivity index (χ4v) is 2.67. The molecule has 2 unspecified atom stereocenters. The summed E-state index contributed by atoms with van der Waals surface area (Å²) < 4.78 is 5.45. The summed E-state index contributed by atoms with van der Waals surface area (Å²) in [6.07, 6.45) is 0.977. The number of amides is 1. The van der Waals surface area contributed by atoms with Crippen molar-refractivity contribution >= 4 is 28.9 Å². The first-order valence-electron chi connectivity index (χ1n) is 7.19. The molecular weight excluding hydrogens is 290 g/mol. The molecule has 0 spiro atoms. The molecule has 0 aliphatic carbocycles. The zero-order chi connectivity index (χ0) is 15.2. The van der Waals surface area contributed by atoms with E-state index in [2.05, 4.69) is 22.9 Å². The molecule has 1 fully saturated rings. The van der Waals surface area contributed by atoms with Crippen molar-refractivity contribution in [3.8, 4) is 0 Å². The molecular formula is C15H22ClN3O2. The zero-order valence-corrected chi connectivity index (χ0v) is 13.2. The third-order valence-corrected chi connectivity index (χ3v) is 3.64. The van der Waals surface area contributed by atoms with E-state index < -0.39 is 0 Å². The summed E-state index contributed by atoms with van der Waals surface area (Å²) in [4.78, 5) is 11.0. The predicted molar refractivity (Wildman–Crippen MR) is 86.1 cm³/mol. The molecule has 21 heavy (non-hydrogen) atoms. The average molecular weight is 312 g/mol. The lowest BCUT2D eigenvalue weighted by atomic mass is 10.1. The summed E-state index contributed by atoms with van der Waals surface area (Å²) in [7, 11) is 0. The highest BCUT2D eigenvalue weighted by Gasteiger charge is 2.16. The Morgan fingerprint density at radius 1 is 1.57 bits per heavy atom. The first-order valence-corrected chi connectivity index (χ1v) is 7.57. The predicted octanol–water partition coefficient (Wildman–Crippen LogP) is 2.48. The number of ether oxygens (including phenoxy) is 1. The minimum Gasteiger partial charge on any atom is -0.382 e. The Morgan fingerprint density at radius 3 is 3.00 bits per heavy atom. The van der Waals surface area contributed by atoms with Crippen molar-refractivity contribution in [2.75, 3.05) is 30.4 Å². The van der Waals surface area contributed by atoms with Crippen LogP contribution in [0.3, 0.4) is 0 Å². The largest absolute Gasteiger partial charge is 0.382 e. The van der Waals surface area contributed by atoms with E-state index in [1.165, 1.54) is 6.92 Å². The second kappa shape index (κ2) is 7.64. The highest BCUT2D eigenvalue weighted by atomic mass is 35.5. The number of carbonyl (C=O) groups excluding carboxylic acids is 1. The van der Waals surface area contributed by atoms with Crippen molar-refractivity contribution in [3.05, 3.63) is 23.2 Å². The highest BCUT2D eigenvalue weighted by Crippen LogP contribution is 2.26. The number of morpholine rings is 1. The number of benzene rings is 1. The molecule has 0 radical (unpaired) electrons. The number of hydrogen-bond acceptors (Lipinski definition) is 4. The van der Waals surface area contributed by atoms with Crippen LogP contribution in [-0.2, 0) is 9.53 Å². The smallest absolute Gasteiger partial charge is 0.221 e. The van der Waals surface area contributed by atoms with Crippen LogP contribution < -0.4 is 16.0 Å². The lowest BCUT2D eigenvalue weighted by molar-refractivity contribution is -0.114. The number of hydrogen-bond donors (Lipinski definition) is 3. The third kappa shape index (κ3) is 5.19. The van der Waals surface area contributed by atoms with Gasteiger partial charge in [-0.05, 0) is 31.5 Å². The topological polar surface area (TPSA) is 62.4 Å². The van der Waals surface area contributed by atoms with Gasteiger partial charge in [-0.25, -0.2) is 0 Å². The van der Waals surface area contributed by atoms with Crippen LogP contribution >= 0.6 is 11.6 Å². The second-order valence-electron chi connectivity index (χ2n) is 5.38. The second-order valence-corrected chi connectivity index (χ2v) is 5.79. The molecule has 0 bridgehead atoms. The molecule has 1 amide bonds. The third-order valence-electron chi connectivity index (χ3n) is 3.33. The van der Waals surface area contributed by atoms with E-state index in [1.807, 2.05) is 12.1 Å². The summed E-state index contributed by atoms with van der Waals surface area (Å²) in [6, 6.07) is 6.23. The SMILES string of the molecule is CC(=O)Nc1ccc(NC(C)CC2COCCN2)cc1Cl. The summed E-state index contributed by atoms with van der Waals surface area (Å²) in [5.41, 5.74) is 1.57. The minimum absolute atomic E-state index is 0.130. The molecule has 6 heteroatoms. The summed E-state index contributed by atoms with van der Waals surface area (Å²) in [6.45, 7) is 6.05. The highest BCUT2D eigenvalue weighted by molar-refractivity contribution is 6.34. The zero-order valence-electron chi connectivity index (χ0n) is 12.4. The van der Waals surface area contributed by atoms with E-state index in [9.17, 15) is 4.79 Å². The van der Waals surface area contributed by atoms with E-state index in [4.69, 9.17) is 16.3 Å². The van der Waals surface area contributed by atoms with Crippen molar-refractivity contribution in [3.63, 3.8) is 0 Å². The molecule has 5 nitrogen and oxygen atoms in total. The van der Waals surface area contributed by atoms with E-state index in [-0.39, 0.29) is 5.91 Å². The minimum atomic E-state index is -0.130. The molecule has 3 N–H and O–H groups in total. The van der Waals surface area contributed by atoms with Gasteiger partial charge in [-0.15, -0.1) is 0 Å². The van der Waals surface area contributed by atoms with Gasteiger partial charge in [0.2, 0.25) is 5.91 Å². The molecule has 1 aromatic rings. The van der Waals surface area contributed by atoms with Crippen molar-refractivity contribution in [1.29, 1.82) is 0 Å². The number of nitrogens with one attached hydrogen (secondary N) is 3. The van der Waals surface area contributed by atoms with Gasteiger partial charge in [-0.3, -0.25) is 4.79 Å². The van der Waals surface area contributed by atoms with Crippen LogP contribution in [-0.4, -0.2) is 37.7 Å². The number of rotatable bonds is 5. The average Bonchev–Trinajstić information content (AvgIpc) is 2.42.